The lowest BCUT2D eigenvalue weighted by Gasteiger charge is -2.23. The molecule has 2 N–H and O–H groups in total. The first-order valence-corrected chi connectivity index (χ1v) is 17.5. The van der Waals surface area contributed by atoms with Gasteiger partial charge in [-0.2, -0.15) is 0 Å². The third-order valence-corrected chi connectivity index (χ3v) is 9.21. The van der Waals surface area contributed by atoms with Crippen molar-refractivity contribution in [1.82, 2.24) is 0 Å². The molecule has 5 rings (SSSR count). The molecular weight excluding hydrogens is 624 g/mol. The maximum Gasteiger partial charge on any atom is 0.530 e. The Labute approximate surface area is 269 Å². The van der Waals surface area contributed by atoms with Gasteiger partial charge in [0.25, 0.3) is 0 Å². The molecule has 0 heterocycles. The standard InChI is InChI=1S/C35H35NO8P2/c36-24-33-21-22-34(43-45(37,39-25-29-13-5-1-6-14-29)40-26-30-15-7-2-8-16-30)35(23-33)44-46(38,41-27-31-17-9-3-10-18-31)42-28-32-19-11-4-12-20-32/h1-23H,24-28,36H2. The molecule has 0 radical (unpaired) electrons. The molecule has 0 aliphatic heterocycles. The van der Waals surface area contributed by atoms with Crippen LogP contribution in [0.4, 0.5) is 0 Å². The number of benzene rings is 5. The smallest absolute Gasteiger partial charge is 0.400 e. The second-order valence-corrected chi connectivity index (χ2v) is 13.3. The number of hydrogen-bond donors (Lipinski definition) is 1. The zero-order valence-electron chi connectivity index (χ0n) is 25.1. The maximum atomic E-state index is 14.2. The molecule has 11 heteroatoms. The van der Waals surface area contributed by atoms with Crippen LogP contribution in [0, 0.1) is 0 Å². The summed E-state index contributed by atoms with van der Waals surface area (Å²) in [6.45, 7) is -0.0772. The van der Waals surface area contributed by atoms with Gasteiger partial charge in [0.05, 0.1) is 26.4 Å². The molecule has 0 saturated heterocycles. The Morgan fingerprint density at radius 2 is 0.739 bits per heavy atom. The van der Waals surface area contributed by atoms with Crippen molar-refractivity contribution in [3.8, 4) is 11.5 Å². The minimum absolute atomic E-state index is 0.0527. The molecule has 0 atom stereocenters. The molecule has 0 spiro atoms. The van der Waals surface area contributed by atoms with Gasteiger partial charge in [0.15, 0.2) is 11.5 Å². The number of phosphoric ester groups is 2. The van der Waals surface area contributed by atoms with E-state index in [9.17, 15) is 9.13 Å². The molecule has 238 valence electrons. The van der Waals surface area contributed by atoms with Crippen LogP contribution in [0.25, 0.3) is 0 Å². The number of nitrogens with two attached hydrogens (primary N) is 1. The Morgan fingerprint density at radius 1 is 0.413 bits per heavy atom. The lowest BCUT2D eigenvalue weighted by atomic mass is 10.2. The Bertz CT molecular complexity index is 1650. The Hall–Kier alpha value is -4.04. The molecule has 0 aliphatic rings. The van der Waals surface area contributed by atoms with Crippen molar-refractivity contribution < 1.29 is 36.3 Å². The van der Waals surface area contributed by atoms with Crippen molar-refractivity contribution in [2.24, 2.45) is 5.73 Å². The molecule has 0 aliphatic carbocycles. The van der Waals surface area contributed by atoms with E-state index in [1.165, 1.54) is 12.1 Å². The summed E-state index contributed by atoms with van der Waals surface area (Å²) in [4.78, 5) is 0. The van der Waals surface area contributed by atoms with Gasteiger partial charge in [0.2, 0.25) is 0 Å². The van der Waals surface area contributed by atoms with Gasteiger partial charge in [-0.25, -0.2) is 9.13 Å². The third kappa shape index (κ3) is 10.2. The summed E-state index contributed by atoms with van der Waals surface area (Å²) in [5, 5.41) is 0. The van der Waals surface area contributed by atoms with Crippen molar-refractivity contribution in [2.45, 2.75) is 33.0 Å². The van der Waals surface area contributed by atoms with Crippen molar-refractivity contribution in [2.75, 3.05) is 0 Å². The SMILES string of the molecule is NCc1ccc(OP(=O)(OCc2ccccc2)OCc2ccccc2)c(OP(=O)(OCc2ccccc2)OCc2ccccc2)c1. The van der Waals surface area contributed by atoms with Crippen LogP contribution in [0.2, 0.25) is 0 Å². The van der Waals surface area contributed by atoms with E-state index < -0.39 is 15.6 Å². The maximum absolute atomic E-state index is 14.2. The number of phosphoric acid groups is 2. The zero-order chi connectivity index (χ0) is 32.1. The summed E-state index contributed by atoms with van der Waals surface area (Å²) >= 11 is 0. The molecule has 0 bridgehead atoms. The monoisotopic (exact) mass is 659 g/mol. The highest BCUT2D eigenvalue weighted by Gasteiger charge is 2.34. The lowest BCUT2D eigenvalue weighted by molar-refractivity contribution is 0.134. The van der Waals surface area contributed by atoms with Gasteiger partial charge in [-0.05, 0) is 39.9 Å². The van der Waals surface area contributed by atoms with E-state index in [0.717, 1.165) is 22.3 Å². The Balaban J connectivity index is 1.42. The zero-order valence-corrected chi connectivity index (χ0v) is 26.8. The molecule has 9 nitrogen and oxygen atoms in total. The van der Waals surface area contributed by atoms with Crippen LogP contribution in [0.15, 0.2) is 140 Å². The summed E-state index contributed by atoms with van der Waals surface area (Å²) in [7, 11) is -8.61. The molecule has 0 unspecified atom stereocenters. The summed E-state index contributed by atoms with van der Waals surface area (Å²) < 4.78 is 63.5. The molecule has 0 amide bonds. The third-order valence-electron chi connectivity index (χ3n) is 6.59. The predicted molar refractivity (Wildman–Crippen MR) is 176 cm³/mol. The van der Waals surface area contributed by atoms with Crippen LogP contribution < -0.4 is 14.8 Å². The van der Waals surface area contributed by atoms with Crippen molar-refractivity contribution in [3.63, 3.8) is 0 Å². The molecular formula is C35H35NO8P2. The van der Waals surface area contributed by atoms with E-state index in [2.05, 4.69) is 0 Å². The van der Waals surface area contributed by atoms with Gasteiger partial charge in [0.1, 0.15) is 0 Å². The fourth-order valence-corrected chi connectivity index (χ4v) is 6.52. The molecule has 46 heavy (non-hydrogen) atoms. The van der Waals surface area contributed by atoms with Crippen molar-refractivity contribution in [3.05, 3.63) is 167 Å². The average Bonchev–Trinajstić information content (AvgIpc) is 3.11. The number of hydrogen-bond acceptors (Lipinski definition) is 9. The van der Waals surface area contributed by atoms with Crippen LogP contribution in [0.5, 0.6) is 11.5 Å². The van der Waals surface area contributed by atoms with Crippen LogP contribution in [0.1, 0.15) is 27.8 Å². The highest BCUT2D eigenvalue weighted by atomic mass is 31.2. The summed E-state index contributed by atoms with van der Waals surface area (Å²) in [6, 6.07) is 41.5. The van der Waals surface area contributed by atoms with E-state index >= 15 is 0 Å². The van der Waals surface area contributed by atoms with E-state index in [1.54, 1.807) is 6.07 Å². The fraction of sp³-hybridized carbons (Fsp3) is 0.143. The largest absolute Gasteiger partial charge is 0.530 e. The quantitative estimate of drug-likeness (QED) is 0.0977. The van der Waals surface area contributed by atoms with Gasteiger partial charge < -0.3 is 14.8 Å². The van der Waals surface area contributed by atoms with Crippen LogP contribution >= 0.6 is 15.6 Å². The average molecular weight is 660 g/mol. The first-order valence-electron chi connectivity index (χ1n) is 14.6. The van der Waals surface area contributed by atoms with E-state index in [1.807, 2.05) is 121 Å². The van der Waals surface area contributed by atoms with Gasteiger partial charge in [-0.1, -0.05) is 127 Å². The van der Waals surface area contributed by atoms with Gasteiger partial charge in [-0.15, -0.1) is 0 Å². The lowest BCUT2D eigenvalue weighted by Crippen LogP contribution is -2.07. The molecule has 5 aromatic rings. The van der Waals surface area contributed by atoms with E-state index in [-0.39, 0.29) is 44.5 Å². The number of rotatable bonds is 17. The first kappa shape index (κ1) is 33.3. The van der Waals surface area contributed by atoms with Gasteiger partial charge >= 0.3 is 15.6 Å². The fourth-order valence-electron chi connectivity index (χ4n) is 4.16. The molecule has 0 fully saturated rings. The highest BCUT2D eigenvalue weighted by molar-refractivity contribution is 7.49. The topological polar surface area (TPSA) is 116 Å². The van der Waals surface area contributed by atoms with Crippen LogP contribution in [-0.2, 0) is 60.2 Å². The molecule has 0 saturated carbocycles. The minimum Gasteiger partial charge on any atom is -0.400 e. The van der Waals surface area contributed by atoms with Gasteiger partial charge in [-0.3, -0.25) is 18.1 Å². The second-order valence-electron chi connectivity index (χ2n) is 10.1. The summed E-state index contributed by atoms with van der Waals surface area (Å²) in [6.07, 6.45) is 0. The van der Waals surface area contributed by atoms with Crippen LogP contribution in [0.3, 0.4) is 0 Å². The molecule has 5 aromatic carbocycles. The van der Waals surface area contributed by atoms with Gasteiger partial charge in [0, 0.05) is 6.54 Å². The van der Waals surface area contributed by atoms with Crippen LogP contribution in [-0.4, -0.2) is 0 Å². The van der Waals surface area contributed by atoms with Crippen molar-refractivity contribution >= 4 is 15.6 Å². The highest BCUT2D eigenvalue weighted by Crippen LogP contribution is 2.57. The predicted octanol–water partition coefficient (Wildman–Crippen LogP) is 8.99. The summed E-state index contributed by atoms with van der Waals surface area (Å²) in [5.74, 6) is -0.132. The Morgan fingerprint density at radius 3 is 1.07 bits per heavy atom. The minimum atomic E-state index is -4.31. The second kappa shape index (κ2) is 16.5. The summed E-state index contributed by atoms with van der Waals surface area (Å²) in [5.41, 5.74) is 9.59. The first-order chi connectivity index (χ1) is 22.4. The molecule has 0 aromatic heterocycles. The van der Waals surface area contributed by atoms with E-state index in [0.29, 0.717) is 5.56 Å². The van der Waals surface area contributed by atoms with Crippen molar-refractivity contribution in [1.29, 1.82) is 0 Å². The van der Waals surface area contributed by atoms with E-state index in [4.69, 9.17) is 32.9 Å². The Kier molecular flexibility index (Phi) is 12.0. The normalized spacial score (nSPS) is 11.7.